The lowest BCUT2D eigenvalue weighted by molar-refractivity contribution is 0.0951. The minimum Gasteiger partial charge on any atom is -0.349 e. The van der Waals surface area contributed by atoms with Gasteiger partial charge in [0.1, 0.15) is 5.69 Å². The van der Waals surface area contributed by atoms with Crippen LogP contribution in [-0.4, -0.2) is 28.5 Å². The third-order valence-corrected chi connectivity index (χ3v) is 4.83. The molecular weight excluding hydrogens is 312 g/mol. The van der Waals surface area contributed by atoms with Gasteiger partial charge >= 0.3 is 0 Å². The highest BCUT2D eigenvalue weighted by atomic mass is 16.1. The molecule has 0 bridgehead atoms. The smallest absolute Gasteiger partial charge is 0.270 e. The van der Waals surface area contributed by atoms with E-state index in [9.17, 15) is 4.79 Å². The van der Waals surface area contributed by atoms with Crippen molar-refractivity contribution in [3.05, 3.63) is 53.9 Å². The normalized spacial score (nSPS) is 11.5. The second kappa shape index (κ2) is 5.86. The molecule has 2 aromatic carbocycles. The van der Waals surface area contributed by atoms with E-state index in [1.165, 1.54) is 16.4 Å². The number of nitrogens with two attached hydrogens (primary N) is 1. The van der Waals surface area contributed by atoms with Crippen LogP contribution in [0.3, 0.4) is 0 Å². The molecule has 0 aliphatic carbocycles. The van der Waals surface area contributed by atoms with Gasteiger partial charge in [-0.05, 0) is 36.1 Å². The Morgan fingerprint density at radius 3 is 2.76 bits per heavy atom. The Morgan fingerprint density at radius 2 is 1.96 bits per heavy atom. The van der Waals surface area contributed by atoms with Gasteiger partial charge in [-0.3, -0.25) is 9.78 Å². The standard InChI is InChI=1S/C20H20N4O/c1-12-13-7-9-22-18(20(25)23-10-8-21)15(13)11-16-14-5-3-4-6-17(14)24(2)19(12)16/h3-7,9,11H,8,10,21H2,1-2H3,(H,23,25). The second-order valence-electron chi connectivity index (χ2n) is 6.27. The Kier molecular flexibility index (Phi) is 3.66. The van der Waals surface area contributed by atoms with E-state index in [1.807, 2.05) is 18.2 Å². The van der Waals surface area contributed by atoms with Crippen molar-refractivity contribution >= 4 is 38.5 Å². The molecule has 0 atom stereocenters. The van der Waals surface area contributed by atoms with Crippen LogP contribution in [0.1, 0.15) is 16.1 Å². The van der Waals surface area contributed by atoms with Crippen molar-refractivity contribution in [2.75, 3.05) is 13.1 Å². The first-order chi connectivity index (χ1) is 12.1. The van der Waals surface area contributed by atoms with Crippen LogP contribution >= 0.6 is 0 Å². The average molecular weight is 332 g/mol. The quantitative estimate of drug-likeness (QED) is 0.606. The van der Waals surface area contributed by atoms with E-state index in [2.05, 4.69) is 47.0 Å². The fourth-order valence-electron chi connectivity index (χ4n) is 3.69. The number of nitrogens with zero attached hydrogens (tertiary/aromatic N) is 2. The van der Waals surface area contributed by atoms with Gasteiger partial charge in [-0.1, -0.05) is 18.2 Å². The van der Waals surface area contributed by atoms with Gasteiger partial charge in [-0.2, -0.15) is 0 Å². The van der Waals surface area contributed by atoms with E-state index < -0.39 is 0 Å². The summed E-state index contributed by atoms with van der Waals surface area (Å²) in [6.45, 7) is 2.95. The summed E-state index contributed by atoms with van der Waals surface area (Å²) in [6.07, 6.45) is 1.70. The molecule has 4 aromatic rings. The third kappa shape index (κ3) is 2.27. The maximum Gasteiger partial charge on any atom is 0.270 e. The minimum absolute atomic E-state index is 0.185. The van der Waals surface area contributed by atoms with Gasteiger partial charge in [0.05, 0.1) is 5.52 Å². The van der Waals surface area contributed by atoms with E-state index in [-0.39, 0.29) is 5.91 Å². The summed E-state index contributed by atoms with van der Waals surface area (Å²) in [5, 5.41) is 7.07. The molecule has 0 fully saturated rings. The monoisotopic (exact) mass is 332 g/mol. The molecule has 126 valence electrons. The summed E-state index contributed by atoms with van der Waals surface area (Å²) in [6, 6.07) is 12.4. The topological polar surface area (TPSA) is 72.9 Å². The van der Waals surface area contributed by atoms with E-state index >= 15 is 0 Å². The Balaban J connectivity index is 2.09. The summed E-state index contributed by atoms with van der Waals surface area (Å²) < 4.78 is 2.22. The van der Waals surface area contributed by atoms with Crippen molar-refractivity contribution in [3.63, 3.8) is 0 Å². The molecule has 0 aliphatic rings. The van der Waals surface area contributed by atoms with Crippen LogP contribution in [0.5, 0.6) is 0 Å². The van der Waals surface area contributed by atoms with Crippen molar-refractivity contribution in [3.8, 4) is 0 Å². The zero-order valence-electron chi connectivity index (χ0n) is 14.3. The van der Waals surface area contributed by atoms with Gasteiger partial charge in [-0.25, -0.2) is 0 Å². The van der Waals surface area contributed by atoms with E-state index in [4.69, 9.17) is 5.73 Å². The maximum atomic E-state index is 12.5. The van der Waals surface area contributed by atoms with Crippen molar-refractivity contribution in [2.24, 2.45) is 12.8 Å². The van der Waals surface area contributed by atoms with Crippen molar-refractivity contribution in [2.45, 2.75) is 6.92 Å². The fraction of sp³-hybridized carbons (Fsp3) is 0.200. The Labute approximate surface area is 145 Å². The fourth-order valence-corrected chi connectivity index (χ4v) is 3.69. The number of aromatic nitrogens is 2. The average Bonchev–Trinajstić information content (AvgIpc) is 2.92. The number of nitrogens with one attached hydrogen (secondary N) is 1. The number of carbonyl (C=O) groups excluding carboxylic acids is 1. The van der Waals surface area contributed by atoms with Crippen LogP contribution in [0, 0.1) is 6.92 Å². The highest BCUT2D eigenvalue weighted by Crippen LogP contribution is 2.35. The number of benzene rings is 2. The van der Waals surface area contributed by atoms with Gasteiger partial charge in [0.25, 0.3) is 5.91 Å². The number of amides is 1. The minimum atomic E-state index is -0.185. The number of rotatable bonds is 3. The number of hydrogen-bond acceptors (Lipinski definition) is 3. The molecule has 0 radical (unpaired) electrons. The molecule has 0 saturated heterocycles. The van der Waals surface area contributed by atoms with E-state index in [1.54, 1.807) is 6.20 Å². The molecule has 5 nitrogen and oxygen atoms in total. The van der Waals surface area contributed by atoms with Gasteiger partial charge < -0.3 is 15.6 Å². The summed E-state index contributed by atoms with van der Waals surface area (Å²) in [7, 11) is 2.08. The maximum absolute atomic E-state index is 12.5. The highest BCUT2D eigenvalue weighted by Gasteiger charge is 2.17. The number of para-hydroxylation sites is 1. The lowest BCUT2D eigenvalue weighted by Crippen LogP contribution is -2.29. The largest absolute Gasteiger partial charge is 0.349 e. The van der Waals surface area contributed by atoms with E-state index in [0.717, 1.165) is 21.7 Å². The summed E-state index contributed by atoms with van der Waals surface area (Å²) in [4.78, 5) is 16.8. The Bertz CT molecular complexity index is 1130. The molecule has 0 unspecified atom stereocenters. The molecule has 1 amide bonds. The zero-order valence-corrected chi connectivity index (χ0v) is 14.3. The molecule has 0 saturated carbocycles. The van der Waals surface area contributed by atoms with Crippen LogP contribution in [0.15, 0.2) is 42.6 Å². The first-order valence-corrected chi connectivity index (χ1v) is 8.37. The molecule has 25 heavy (non-hydrogen) atoms. The number of aryl methyl sites for hydroxylation is 2. The molecule has 4 rings (SSSR count). The van der Waals surface area contributed by atoms with Gasteiger partial charge in [0.2, 0.25) is 0 Å². The Hall–Kier alpha value is -2.92. The predicted molar refractivity (Wildman–Crippen MR) is 102 cm³/mol. The molecule has 2 heterocycles. The van der Waals surface area contributed by atoms with Crippen LogP contribution in [-0.2, 0) is 7.05 Å². The SMILES string of the molecule is Cc1c2ccnc(C(=O)NCCN)c2cc2c3ccccc3n(C)c12. The zero-order chi connectivity index (χ0) is 17.6. The Morgan fingerprint density at radius 1 is 1.16 bits per heavy atom. The van der Waals surface area contributed by atoms with Crippen LogP contribution in [0.2, 0.25) is 0 Å². The van der Waals surface area contributed by atoms with Gasteiger partial charge in [0.15, 0.2) is 0 Å². The van der Waals surface area contributed by atoms with Gasteiger partial charge in [-0.15, -0.1) is 0 Å². The molecule has 3 N–H and O–H groups in total. The molecule has 5 heteroatoms. The lowest BCUT2D eigenvalue weighted by Gasteiger charge is -2.10. The lowest BCUT2D eigenvalue weighted by atomic mass is 10.00. The summed E-state index contributed by atoms with van der Waals surface area (Å²) in [5.74, 6) is -0.185. The highest BCUT2D eigenvalue weighted by molar-refractivity contribution is 6.17. The molecule has 0 aliphatic heterocycles. The number of pyridine rings is 1. The summed E-state index contributed by atoms with van der Waals surface area (Å²) >= 11 is 0. The molecule has 0 spiro atoms. The summed E-state index contributed by atoms with van der Waals surface area (Å²) in [5.41, 5.74) is 9.46. The van der Waals surface area contributed by atoms with Crippen LogP contribution in [0.4, 0.5) is 0 Å². The molecule has 2 aromatic heterocycles. The van der Waals surface area contributed by atoms with Gasteiger partial charge in [0, 0.05) is 48.0 Å². The van der Waals surface area contributed by atoms with E-state index in [0.29, 0.717) is 18.8 Å². The number of fused-ring (bicyclic) bond motifs is 4. The van der Waals surface area contributed by atoms with Crippen LogP contribution in [0.25, 0.3) is 32.6 Å². The predicted octanol–water partition coefficient (Wildman–Crippen LogP) is 2.88. The van der Waals surface area contributed by atoms with Crippen LogP contribution < -0.4 is 11.1 Å². The van der Waals surface area contributed by atoms with Crippen molar-refractivity contribution in [1.29, 1.82) is 0 Å². The second-order valence-corrected chi connectivity index (χ2v) is 6.27. The molecular formula is C20H20N4O. The van der Waals surface area contributed by atoms with Crippen molar-refractivity contribution in [1.82, 2.24) is 14.9 Å². The first-order valence-electron chi connectivity index (χ1n) is 8.37. The number of hydrogen-bond donors (Lipinski definition) is 2. The number of carbonyl (C=O) groups is 1. The third-order valence-electron chi connectivity index (χ3n) is 4.83. The first kappa shape index (κ1) is 15.6. The van der Waals surface area contributed by atoms with Crippen molar-refractivity contribution < 1.29 is 4.79 Å².